The third-order valence-corrected chi connectivity index (χ3v) is 4.92. The van der Waals surface area contributed by atoms with Gasteiger partial charge >= 0.3 is 0 Å². The van der Waals surface area contributed by atoms with E-state index in [0.717, 1.165) is 5.92 Å². The average Bonchev–Trinajstić information content (AvgIpc) is 2.37. The molecule has 1 aliphatic carbocycles. The fourth-order valence-corrected chi connectivity index (χ4v) is 3.68. The fourth-order valence-electron chi connectivity index (χ4n) is 2.10. The number of rotatable bonds is 3. The Labute approximate surface area is 95.3 Å². The second kappa shape index (κ2) is 4.24. The van der Waals surface area contributed by atoms with Crippen LogP contribution in [0.5, 0.6) is 0 Å². The van der Waals surface area contributed by atoms with Crippen LogP contribution in [0.2, 0.25) is 0 Å². The summed E-state index contributed by atoms with van der Waals surface area (Å²) in [6.07, 6.45) is 5.39. The van der Waals surface area contributed by atoms with Gasteiger partial charge in [0.25, 0.3) is 0 Å². The molecule has 1 heterocycles. The molecule has 2 rings (SSSR count). The van der Waals surface area contributed by atoms with E-state index >= 15 is 0 Å². The van der Waals surface area contributed by atoms with Crippen LogP contribution in [-0.4, -0.2) is 0 Å². The highest BCUT2D eigenvalue weighted by Gasteiger charge is 2.23. The van der Waals surface area contributed by atoms with Gasteiger partial charge in [0.2, 0.25) is 0 Å². The lowest BCUT2D eigenvalue weighted by atomic mass is 9.82. The molecule has 0 aromatic carbocycles. The molecule has 0 spiro atoms. The minimum atomic E-state index is 0.263. The minimum Gasteiger partial charge on any atom is -0.144 e. The number of alkyl halides is 1. The largest absolute Gasteiger partial charge is 0.144 e. The van der Waals surface area contributed by atoms with Crippen molar-refractivity contribution < 1.29 is 0 Å². The zero-order chi connectivity index (χ0) is 10.1. The second-order valence-electron chi connectivity index (χ2n) is 4.40. The molecule has 0 N–H and O–H groups in total. The maximum absolute atomic E-state index is 6.44. The molecule has 1 aromatic heterocycles. The first-order chi connectivity index (χ1) is 6.66. The Balaban J connectivity index is 2.02. The molecule has 2 heteroatoms. The molecule has 1 unspecified atom stereocenters. The van der Waals surface area contributed by atoms with E-state index in [9.17, 15) is 0 Å². The van der Waals surface area contributed by atoms with Crippen LogP contribution in [0, 0.1) is 19.8 Å². The van der Waals surface area contributed by atoms with Gasteiger partial charge in [0.05, 0.1) is 5.38 Å². The van der Waals surface area contributed by atoms with Gasteiger partial charge < -0.3 is 0 Å². The Morgan fingerprint density at radius 1 is 1.50 bits per heavy atom. The second-order valence-corrected chi connectivity index (χ2v) is 6.22. The van der Waals surface area contributed by atoms with E-state index < -0.39 is 0 Å². The summed E-state index contributed by atoms with van der Waals surface area (Å²) in [4.78, 5) is 2.79. The molecule has 1 aromatic rings. The Morgan fingerprint density at radius 3 is 2.64 bits per heavy atom. The summed E-state index contributed by atoms with van der Waals surface area (Å²) in [6.45, 7) is 4.34. The molecule has 14 heavy (non-hydrogen) atoms. The van der Waals surface area contributed by atoms with E-state index in [1.165, 1.54) is 41.0 Å². The Kier molecular flexibility index (Phi) is 3.18. The fraction of sp³-hybridized carbons (Fsp3) is 0.667. The van der Waals surface area contributed by atoms with Crippen molar-refractivity contribution in [1.29, 1.82) is 0 Å². The van der Waals surface area contributed by atoms with E-state index in [1.807, 2.05) is 11.3 Å². The molecule has 0 amide bonds. The van der Waals surface area contributed by atoms with Crippen molar-refractivity contribution in [1.82, 2.24) is 0 Å². The van der Waals surface area contributed by atoms with Gasteiger partial charge in [-0.1, -0.05) is 19.3 Å². The standard InChI is InChI=1S/C12H17ClS/c1-8-6-9(2)14-12(8)11(13)7-10-4-3-5-10/h6,10-11H,3-5,7H2,1-2H3. The zero-order valence-corrected chi connectivity index (χ0v) is 10.4. The van der Waals surface area contributed by atoms with Crippen LogP contribution < -0.4 is 0 Å². The quantitative estimate of drug-likeness (QED) is 0.650. The molecule has 1 aliphatic rings. The van der Waals surface area contributed by atoms with Gasteiger partial charge in [0.15, 0.2) is 0 Å². The maximum Gasteiger partial charge on any atom is 0.0684 e. The zero-order valence-electron chi connectivity index (χ0n) is 8.85. The van der Waals surface area contributed by atoms with Crippen molar-refractivity contribution in [2.75, 3.05) is 0 Å². The summed E-state index contributed by atoms with van der Waals surface area (Å²) in [5.74, 6) is 0.902. The van der Waals surface area contributed by atoms with Crippen molar-refractivity contribution in [3.05, 3.63) is 21.4 Å². The smallest absolute Gasteiger partial charge is 0.0684 e. The minimum absolute atomic E-state index is 0.263. The van der Waals surface area contributed by atoms with Crippen LogP contribution in [0.15, 0.2) is 6.07 Å². The Hall–Kier alpha value is -0.0100. The van der Waals surface area contributed by atoms with Crippen molar-refractivity contribution >= 4 is 22.9 Å². The van der Waals surface area contributed by atoms with Crippen molar-refractivity contribution in [2.45, 2.75) is 44.9 Å². The van der Waals surface area contributed by atoms with Crippen molar-refractivity contribution in [3.63, 3.8) is 0 Å². The highest BCUT2D eigenvalue weighted by atomic mass is 35.5. The first kappa shape index (κ1) is 10.5. The van der Waals surface area contributed by atoms with E-state index in [1.54, 1.807) is 0 Å². The average molecular weight is 229 g/mol. The Bertz CT molecular complexity index is 312. The summed E-state index contributed by atoms with van der Waals surface area (Å²) in [5.41, 5.74) is 1.38. The normalized spacial score (nSPS) is 19.4. The molecular weight excluding hydrogens is 212 g/mol. The van der Waals surface area contributed by atoms with Gasteiger partial charge in [-0.2, -0.15) is 0 Å². The highest BCUT2D eigenvalue weighted by Crippen LogP contribution is 2.41. The van der Waals surface area contributed by atoms with Crippen LogP contribution in [-0.2, 0) is 0 Å². The predicted octanol–water partition coefficient (Wildman–Crippen LogP) is 4.84. The first-order valence-electron chi connectivity index (χ1n) is 5.38. The molecule has 0 radical (unpaired) electrons. The number of aryl methyl sites for hydroxylation is 2. The third-order valence-electron chi connectivity index (χ3n) is 3.13. The van der Waals surface area contributed by atoms with E-state index in [0.29, 0.717) is 0 Å². The molecule has 0 aliphatic heterocycles. The molecular formula is C12H17ClS. The van der Waals surface area contributed by atoms with Gasteiger partial charge in [0.1, 0.15) is 0 Å². The lowest BCUT2D eigenvalue weighted by Gasteiger charge is -2.27. The predicted molar refractivity (Wildman–Crippen MR) is 64.3 cm³/mol. The topological polar surface area (TPSA) is 0 Å². The third kappa shape index (κ3) is 2.14. The summed E-state index contributed by atoms with van der Waals surface area (Å²) in [6, 6.07) is 2.25. The van der Waals surface area contributed by atoms with Gasteiger partial charge in [-0.05, 0) is 37.8 Å². The maximum atomic E-state index is 6.44. The molecule has 1 atom stereocenters. The summed E-state index contributed by atoms with van der Waals surface area (Å²) in [5, 5.41) is 0.263. The van der Waals surface area contributed by atoms with Gasteiger partial charge in [0, 0.05) is 9.75 Å². The molecule has 0 bridgehead atoms. The van der Waals surface area contributed by atoms with Crippen LogP contribution in [0.25, 0.3) is 0 Å². The van der Waals surface area contributed by atoms with E-state index in [-0.39, 0.29) is 5.38 Å². The van der Waals surface area contributed by atoms with Crippen LogP contribution in [0.3, 0.4) is 0 Å². The summed E-state index contributed by atoms with van der Waals surface area (Å²) >= 11 is 8.31. The van der Waals surface area contributed by atoms with Crippen LogP contribution in [0.1, 0.15) is 46.4 Å². The van der Waals surface area contributed by atoms with E-state index in [4.69, 9.17) is 11.6 Å². The monoisotopic (exact) mass is 228 g/mol. The molecule has 1 saturated carbocycles. The van der Waals surface area contributed by atoms with Crippen molar-refractivity contribution in [3.8, 4) is 0 Å². The number of halogens is 1. The van der Waals surface area contributed by atoms with Gasteiger partial charge in [-0.15, -0.1) is 22.9 Å². The Morgan fingerprint density at radius 2 is 2.21 bits per heavy atom. The summed E-state index contributed by atoms with van der Waals surface area (Å²) < 4.78 is 0. The van der Waals surface area contributed by atoms with Crippen LogP contribution in [0.4, 0.5) is 0 Å². The molecule has 78 valence electrons. The first-order valence-corrected chi connectivity index (χ1v) is 6.63. The molecule has 0 saturated heterocycles. The van der Waals surface area contributed by atoms with Gasteiger partial charge in [-0.3, -0.25) is 0 Å². The number of thiophene rings is 1. The lowest BCUT2D eigenvalue weighted by molar-refractivity contribution is 0.294. The SMILES string of the molecule is Cc1cc(C)c(C(Cl)CC2CCC2)s1. The van der Waals surface area contributed by atoms with E-state index in [2.05, 4.69) is 19.9 Å². The number of hydrogen-bond acceptors (Lipinski definition) is 1. The summed E-state index contributed by atoms with van der Waals surface area (Å²) in [7, 11) is 0. The van der Waals surface area contributed by atoms with Crippen LogP contribution >= 0.6 is 22.9 Å². The lowest BCUT2D eigenvalue weighted by Crippen LogP contribution is -2.12. The van der Waals surface area contributed by atoms with Gasteiger partial charge in [-0.25, -0.2) is 0 Å². The van der Waals surface area contributed by atoms with Crippen molar-refractivity contribution in [2.24, 2.45) is 5.92 Å². The highest BCUT2D eigenvalue weighted by molar-refractivity contribution is 7.12. The molecule has 0 nitrogen and oxygen atoms in total. The number of hydrogen-bond donors (Lipinski definition) is 0. The molecule has 1 fully saturated rings.